The minimum atomic E-state index is 0.880. The van der Waals surface area contributed by atoms with Gasteiger partial charge in [0, 0.05) is 42.2 Å². The molecule has 22 heavy (non-hydrogen) atoms. The van der Waals surface area contributed by atoms with E-state index >= 15 is 0 Å². The van der Waals surface area contributed by atoms with E-state index in [1.54, 1.807) is 11.3 Å². The molecule has 4 nitrogen and oxygen atoms in total. The fourth-order valence-electron chi connectivity index (χ4n) is 2.51. The smallest absolute Gasteiger partial charge is 0.0937 e. The molecule has 0 unspecified atom stereocenters. The first-order chi connectivity index (χ1) is 10.7. The summed E-state index contributed by atoms with van der Waals surface area (Å²) in [5, 5.41) is 10.6. The highest BCUT2D eigenvalue weighted by atomic mass is 32.1. The van der Waals surface area contributed by atoms with Crippen molar-refractivity contribution in [3.63, 3.8) is 0 Å². The molecule has 0 aliphatic rings. The highest BCUT2D eigenvalue weighted by Crippen LogP contribution is 2.23. The van der Waals surface area contributed by atoms with E-state index in [1.165, 1.54) is 21.7 Å². The number of thiazole rings is 1. The molecule has 2 aromatic heterocycles. The molecule has 0 saturated heterocycles. The van der Waals surface area contributed by atoms with E-state index in [0.29, 0.717) is 0 Å². The van der Waals surface area contributed by atoms with Crippen LogP contribution in [0.1, 0.15) is 16.1 Å². The first-order valence-corrected chi connectivity index (χ1v) is 8.26. The minimum Gasteiger partial charge on any atom is -0.302 e. The number of nitrogens with zero attached hydrogens (tertiary/aromatic N) is 3. The second-order valence-electron chi connectivity index (χ2n) is 5.55. The van der Waals surface area contributed by atoms with E-state index in [2.05, 4.69) is 58.3 Å². The number of hydrogen-bond acceptors (Lipinski definition) is 4. The number of benzene rings is 1. The third kappa shape index (κ3) is 3.61. The number of hydrogen-bond donors (Lipinski definition) is 1. The van der Waals surface area contributed by atoms with Gasteiger partial charge in [-0.1, -0.05) is 23.8 Å². The van der Waals surface area contributed by atoms with Crippen molar-refractivity contribution in [3.05, 3.63) is 58.2 Å². The zero-order valence-corrected chi connectivity index (χ0v) is 13.7. The standard InChI is InChI=1S/C17H20N4S/c1-13-4-3-5-14(10-13)17-15(11-19-20-17)12-21(2)8-6-16-18-7-9-22-16/h3-5,7,9-11H,6,8,12H2,1-2H3,(H,19,20). The van der Waals surface area contributed by atoms with Gasteiger partial charge in [-0.25, -0.2) is 4.98 Å². The molecule has 3 rings (SSSR count). The van der Waals surface area contributed by atoms with E-state index in [9.17, 15) is 0 Å². The molecule has 114 valence electrons. The van der Waals surface area contributed by atoms with Crippen LogP contribution in [0.25, 0.3) is 11.3 Å². The van der Waals surface area contributed by atoms with E-state index in [4.69, 9.17) is 0 Å². The Hall–Kier alpha value is -1.98. The van der Waals surface area contributed by atoms with Crippen LogP contribution in [0.5, 0.6) is 0 Å². The highest BCUT2D eigenvalue weighted by Gasteiger charge is 2.10. The van der Waals surface area contributed by atoms with Crippen LogP contribution in [0.15, 0.2) is 42.0 Å². The molecule has 0 atom stereocenters. The van der Waals surface area contributed by atoms with E-state index in [0.717, 1.165) is 25.2 Å². The molecular formula is C17H20N4S. The highest BCUT2D eigenvalue weighted by molar-refractivity contribution is 7.09. The van der Waals surface area contributed by atoms with Crippen LogP contribution in [-0.2, 0) is 13.0 Å². The van der Waals surface area contributed by atoms with Gasteiger partial charge in [0.05, 0.1) is 16.9 Å². The Morgan fingerprint density at radius 1 is 1.32 bits per heavy atom. The zero-order chi connectivity index (χ0) is 15.4. The van der Waals surface area contributed by atoms with Gasteiger partial charge in [-0.15, -0.1) is 11.3 Å². The molecule has 0 amide bonds. The Labute approximate surface area is 134 Å². The van der Waals surface area contributed by atoms with Crippen molar-refractivity contribution in [2.75, 3.05) is 13.6 Å². The van der Waals surface area contributed by atoms with Crippen LogP contribution < -0.4 is 0 Å². The van der Waals surface area contributed by atoms with Crippen LogP contribution in [0.3, 0.4) is 0 Å². The Morgan fingerprint density at radius 2 is 2.23 bits per heavy atom. The number of aromatic nitrogens is 3. The van der Waals surface area contributed by atoms with E-state index in [-0.39, 0.29) is 0 Å². The molecule has 0 spiro atoms. The molecule has 0 fully saturated rings. The average Bonchev–Trinajstić information content (AvgIpc) is 3.16. The molecule has 0 radical (unpaired) electrons. The van der Waals surface area contributed by atoms with Crippen LogP contribution in [0, 0.1) is 6.92 Å². The van der Waals surface area contributed by atoms with Gasteiger partial charge in [0.1, 0.15) is 0 Å². The lowest BCUT2D eigenvalue weighted by atomic mass is 10.1. The SMILES string of the molecule is Cc1cccc(-c2[nH]ncc2CN(C)CCc2nccs2)c1. The predicted octanol–water partition coefficient (Wildman–Crippen LogP) is 3.52. The fourth-order valence-corrected chi connectivity index (χ4v) is 3.12. The van der Waals surface area contributed by atoms with Crippen molar-refractivity contribution < 1.29 is 0 Å². The molecule has 2 heterocycles. The van der Waals surface area contributed by atoms with Crippen molar-refractivity contribution in [1.82, 2.24) is 20.1 Å². The maximum Gasteiger partial charge on any atom is 0.0937 e. The number of H-pyrrole nitrogens is 1. The second kappa shape index (κ2) is 6.85. The first kappa shape index (κ1) is 14.9. The van der Waals surface area contributed by atoms with E-state index < -0.39 is 0 Å². The molecule has 3 aromatic rings. The molecule has 0 aliphatic carbocycles. The van der Waals surface area contributed by atoms with Gasteiger partial charge in [-0.2, -0.15) is 5.10 Å². The summed E-state index contributed by atoms with van der Waals surface area (Å²) < 4.78 is 0. The van der Waals surface area contributed by atoms with Crippen LogP contribution in [-0.4, -0.2) is 33.7 Å². The molecule has 5 heteroatoms. The van der Waals surface area contributed by atoms with Crippen molar-refractivity contribution in [1.29, 1.82) is 0 Å². The Morgan fingerprint density at radius 3 is 3.00 bits per heavy atom. The number of aromatic amines is 1. The average molecular weight is 312 g/mol. The quantitative estimate of drug-likeness (QED) is 0.757. The molecule has 1 N–H and O–H groups in total. The number of nitrogens with one attached hydrogen (secondary N) is 1. The summed E-state index contributed by atoms with van der Waals surface area (Å²) in [5.74, 6) is 0. The van der Waals surface area contributed by atoms with Crippen molar-refractivity contribution in [2.24, 2.45) is 0 Å². The topological polar surface area (TPSA) is 44.8 Å². The number of aryl methyl sites for hydroxylation is 1. The molecule has 1 aromatic carbocycles. The molecule has 0 bridgehead atoms. The summed E-state index contributed by atoms with van der Waals surface area (Å²) in [7, 11) is 2.14. The van der Waals surface area contributed by atoms with Crippen LogP contribution >= 0.6 is 11.3 Å². The number of rotatable bonds is 6. The van der Waals surface area contributed by atoms with Gasteiger partial charge in [0.25, 0.3) is 0 Å². The maximum absolute atomic E-state index is 4.33. The minimum absolute atomic E-state index is 0.880. The zero-order valence-electron chi connectivity index (χ0n) is 12.9. The lowest BCUT2D eigenvalue weighted by molar-refractivity contribution is 0.331. The maximum atomic E-state index is 4.33. The lowest BCUT2D eigenvalue weighted by Gasteiger charge is -2.16. The van der Waals surface area contributed by atoms with Gasteiger partial charge < -0.3 is 4.90 Å². The van der Waals surface area contributed by atoms with Crippen molar-refractivity contribution >= 4 is 11.3 Å². The normalized spacial score (nSPS) is 11.2. The summed E-state index contributed by atoms with van der Waals surface area (Å²) in [4.78, 5) is 6.64. The largest absolute Gasteiger partial charge is 0.302 e. The van der Waals surface area contributed by atoms with E-state index in [1.807, 2.05) is 17.8 Å². The Balaban J connectivity index is 1.67. The summed E-state index contributed by atoms with van der Waals surface area (Å²) >= 11 is 1.72. The molecular weight excluding hydrogens is 292 g/mol. The predicted molar refractivity (Wildman–Crippen MR) is 90.9 cm³/mol. The fraction of sp³-hybridized carbons (Fsp3) is 0.294. The monoisotopic (exact) mass is 312 g/mol. The van der Waals surface area contributed by atoms with Crippen molar-refractivity contribution in [3.8, 4) is 11.3 Å². The number of likely N-dealkylation sites (N-methyl/N-ethyl adjacent to an activating group) is 1. The second-order valence-corrected chi connectivity index (χ2v) is 6.53. The Kier molecular flexibility index (Phi) is 4.65. The third-order valence-corrected chi connectivity index (χ3v) is 4.50. The molecule has 0 saturated carbocycles. The van der Waals surface area contributed by atoms with Crippen LogP contribution in [0.2, 0.25) is 0 Å². The summed E-state index contributed by atoms with van der Waals surface area (Å²) in [5.41, 5.74) is 4.80. The third-order valence-electron chi connectivity index (χ3n) is 3.66. The van der Waals surface area contributed by atoms with Gasteiger partial charge in [0.15, 0.2) is 0 Å². The van der Waals surface area contributed by atoms with Crippen LogP contribution in [0.4, 0.5) is 0 Å². The van der Waals surface area contributed by atoms with Gasteiger partial charge in [-0.05, 0) is 20.0 Å². The molecule has 0 aliphatic heterocycles. The summed E-state index contributed by atoms with van der Waals surface area (Å²) in [6.45, 7) is 3.98. The van der Waals surface area contributed by atoms with Gasteiger partial charge >= 0.3 is 0 Å². The van der Waals surface area contributed by atoms with Gasteiger partial charge in [-0.3, -0.25) is 5.10 Å². The summed E-state index contributed by atoms with van der Waals surface area (Å²) in [6.07, 6.45) is 4.79. The summed E-state index contributed by atoms with van der Waals surface area (Å²) in [6, 6.07) is 8.51. The lowest BCUT2D eigenvalue weighted by Crippen LogP contribution is -2.20. The Bertz CT molecular complexity index is 718. The van der Waals surface area contributed by atoms with Crippen molar-refractivity contribution in [2.45, 2.75) is 19.9 Å². The first-order valence-electron chi connectivity index (χ1n) is 7.38. The van der Waals surface area contributed by atoms with Gasteiger partial charge in [0.2, 0.25) is 0 Å².